The number of benzene rings is 1. The van der Waals surface area contributed by atoms with Crippen LogP contribution in [0.5, 0.6) is 0 Å². The van der Waals surface area contributed by atoms with Crippen LogP contribution in [0, 0.1) is 5.92 Å². The van der Waals surface area contributed by atoms with Crippen LogP contribution >= 0.6 is 0 Å². The minimum atomic E-state index is -0.569. The smallest absolute Gasteiger partial charge is 0.255 e. The SMILES string of the molecule is CC1CN(Cc2cccc3c2CN(C2CCC(=O)NC2=O)C3=O)CC1N. The molecule has 0 aliphatic carbocycles. The Morgan fingerprint density at radius 3 is 2.73 bits per heavy atom. The largest absolute Gasteiger partial charge is 0.326 e. The summed E-state index contributed by atoms with van der Waals surface area (Å²) >= 11 is 0. The number of nitrogens with zero attached hydrogens (tertiary/aromatic N) is 2. The van der Waals surface area contributed by atoms with Gasteiger partial charge in [0.15, 0.2) is 0 Å². The zero-order chi connectivity index (χ0) is 18.4. The second-order valence-electron chi connectivity index (χ2n) is 7.68. The van der Waals surface area contributed by atoms with Crippen molar-refractivity contribution in [2.75, 3.05) is 13.1 Å². The van der Waals surface area contributed by atoms with Crippen LogP contribution in [-0.2, 0) is 22.7 Å². The van der Waals surface area contributed by atoms with Crippen molar-refractivity contribution in [1.82, 2.24) is 15.1 Å². The van der Waals surface area contributed by atoms with Crippen molar-refractivity contribution >= 4 is 17.7 Å². The van der Waals surface area contributed by atoms with Gasteiger partial charge in [-0.25, -0.2) is 0 Å². The Hall–Kier alpha value is -2.25. The highest BCUT2D eigenvalue weighted by molar-refractivity contribution is 6.05. The van der Waals surface area contributed by atoms with Crippen molar-refractivity contribution in [3.8, 4) is 0 Å². The predicted molar refractivity (Wildman–Crippen MR) is 94.9 cm³/mol. The number of nitrogens with one attached hydrogen (secondary N) is 1. The molecule has 2 saturated heterocycles. The van der Waals surface area contributed by atoms with E-state index in [1.54, 1.807) is 4.90 Å². The second-order valence-corrected chi connectivity index (χ2v) is 7.68. The summed E-state index contributed by atoms with van der Waals surface area (Å²) in [7, 11) is 0. The molecule has 0 radical (unpaired) electrons. The summed E-state index contributed by atoms with van der Waals surface area (Å²) in [4.78, 5) is 40.3. The number of carbonyl (C=O) groups is 3. The first-order valence-electron chi connectivity index (χ1n) is 9.17. The molecule has 3 amide bonds. The Morgan fingerprint density at radius 2 is 2.04 bits per heavy atom. The molecule has 3 N–H and O–H groups in total. The lowest BCUT2D eigenvalue weighted by Gasteiger charge is -2.29. The molecule has 3 unspecified atom stereocenters. The van der Waals surface area contributed by atoms with E-state index in [9.17, 15) is 14.4 Å². The fourth-order valence-electron chi connectivity index (χ4n) is 4.26. The van der Waals surface area contributed by atoms with Crippen molar-refractivity contribution in [2.24, 2.45) is 11.7 Å². The number of carbonyl (C=O) groups excluding carboxylic acids is 3. The third-order valence-corrected chi connectivity index (χ3v) is 5.82. The summed E-state index contributed by atoms with van der Waals surface area (Å²) < 4.78 is 0. The number of piperidine rings is 1. The highest BCUT2D eigenvalue weighted by Crippen LogP contribution is 2.31. The van der Waals surface area contributed by atoms with E-state index in [0.29, 0.717) is 24.4 Å². The first-order chi connectivity index (χ1) is 12.4. The molecule has 2 fully saturated rings. The van der Waals surface area contributed by atoms with Gasteiger partial charge in [-0.1, -0.05) is 19.1 Å². The van der Waals surface area contributed by atoms with E-state index in [0.717, 1.165) is 30.8 Å². The van der Waals surface area contributed by atoms with Crippen molar-refractivity contribution in [3.05, 3.63) is 34.9 Å². The van der Waals surface area contributed by atoms with Gasteiger partial charge in [0.2, 0.25) is 11.8 Å². The molecule has 7 heteroatoms. The van der Waals surface area contributed by atoms with Crippen LogP contribution in [0.1, 0.15) is 41.3 Å². The highest BCUT2D eigenvalue weighted by atomic mass is 16.2. The van der Waals surface area contributed by atoms with Crippen LogP contribution in [0.3, 0.4) is 0 Å². The summed E-state index contributed by atoms with van der Waals surface area (Å²) in [6.07, 6.45) is 0.658. The molecule has 7 nitrogen and oxygen atoms in total. The molecular formula is C19H24N4O3. The first kappa shape index (κ1) is 17.2. The molecule has 138 valence electrons. The van der Waals surface area contributed by atoms with Crippen LogP contribution in [0.15, 0.2) is 18.2 Å². The van der Waals surface area contributed by atoms with Crippen LogP contribution in [0.25, 0.3) is 0 Å². The predicted octanol–water partition coefficient (Wildman–Crippen LogP) is 0.227. The van der Waals surface area contributed by atoms with Gasteiger partial charge in [0.25, 0.3) is 5.91 Å². The zero-order valence-electron chi connectivity index (χ0n) is 14.9. The van der Waals surface area contributed by atoms with E-state index in [1.165, 1.54) is 0 Å². The molecule has 3 aliphatic heterocycles. The van der Waals surface area contributed by atoms with E-state index < -0.39 is 6.04 Å². The molecule has 3 aliphatic rings. The summed E-state index contributed by atoms with van der Waals surface area (Å²) in [5.41, 5.74) is 8.91. The maximum absolute atomic E-state index is 12.8. The molecule has 0 saturated carbocycles. The average Bonchev–Trinajstić information content (AvgIpc) is 3.09. The molecule has 3 heterocycles. The summed E-state index contributed by atoms with van der Waals surface area (Å²) in [6, 6.07) is 5.40. The second kappa shape index (κ2) is 6.48. The average molecular weight is 356 g/mol. The molecule has 4 rings (SSSR count). The Bertz CT molecular complexity index is 768. The third-order valence-electron chi connectivity index (χ3n) is 5.82. The molecule has 1 aromatic rings. The van der Waals surface area contributed by atoms with Crippen molar-refractivity contribution < 1.29 is 14.4 Å². The van der Waals surface area contributed by atoms with Crippen molar-refractivity contribution in [1.29, 1.82) is 0 Å². The molecule has 26 heavy (non-hydrogen) atoms. The minimum absolute atomic E-state index is 0.122. The summed E-state index contributed by atoms with van der Waals surface area (Å²) in [6.45, 7) is 5.16. The van der Waals surface area contributed by atoms with Gasteiger partial charge in [0.05, 0.1) is 0 Å². The van der Waals surface area contributed by atoms with Crippen molar-refractivity contribution in [2.45, 2.75) is 44.9 Å². The van der Waals surface area contributed by atoms with Crippen LogP contribution in [0.4, 0.5) is 0 Å². The number of hydrogen-bond acceptors (Lipinski definition) is 5. The summed E-state index contributed by atoms with van der Waals surface area (Å²) in [5.74, 6) is -0.296. The normalized spacial score (nSPS) is 29.2. The molecule has 3 atom stereocenters. The van der Waals surface area contributed by atoms with Gasteiger partial charge in [-0.15, -0.1) is 0 Å². The van der Waals surface area contributed by atoms with E-state index in [1.807, 2.05) is 12.1 Å². The van der Waals surface area contributed by atoms with Gasteiger partial charge in [-0.2, -0.15) is 0 Å². The number of likely N-dealkylation sites (tertiary alicyclic amines) is 1. The minimum Gasteiger partial charge on any atom is -0.326 e. The number of amides is 3. The van der Waals surface area contributed by atoms with Gasteiger partial charge in [-0.3, -0.25) is 24.6 Å². The number of fused-ring (bicyclic) bond motifs is 1. The monoisotopic (exact) mass is 356 g/mol. The van der Waals surface area contributed by atoms with Gasteiger partial charge in [0.1, 0.15) is 6.04 Å². The molecular weight excluding hydrogens is 332 g/mol. The Labute approximate surface area is 152 Å². The van der Waals surface area contributed by atoms with Crippen LogP contribution in [0.2, 0.25) is 0 Å². The Kier molecular flexibility index (Phi) is 4.28. The lowest BCUT2D eigenvalue weighted by Crippen LogP contribution is -2.52. The van der Waals surface area contributed by atoms with E-state index >= 15 is 0 Å². The molecule has 0 bridgehead atoms. The fourth-order valence-corrected chi connectivity index (χ4v) is 4.26. The highest BCUT2D eigenvalue weighted by Gasteiger charge is 2.40. The third kappa shape index (κ3) is 2.91. The maximum atomic E-state index is 12.8. The number of nitrogens with two attached hydrogens (primary N) is 1. The number of imide groups is 1. The molecule has 1 aromatic carbocycles. The number of rotatable bonds is 3. The Balaban J connectivity index is 1.55. The van der Waals surface area contributed by atoms with E-state index in [-0.39, 0.29) is 30.2 Å². The van der Waals surface area contributed by atoms with Gasteiger partial charge < -0.3 is 10.6 Å². The first-order valence-corrected chi connectivity index (χ1v) is 9.17. The quantitative estimate of drug-likeness (QED) is 0.756. The lowest BCUT2D eigenvalue weighted by molar-refractivity contribution is -0.136. The van der Waals surface area contributed by atoms with Gasteiger partial charge >= 0.3 is 0 Å². The topological polar surface area (TPSA) is 95.7 Å². The maximum Gasteiger partial charge on any atom is 0.255 e. The van der Waals surface area contributed by atoms with Crippen LogP contribution < -0.4 is 11.1 Å². The van der Waals surface area contributed by atoms with Gasteiger partial charge in [-0.05, 0) is 29.5 Å². The zero-order valence-corrected chi connectivity index (χ0v) is 14.9. The molecule has 0 aromatic heterocycles. The van der Waals surface area contributed by atoms with Gasteiger partial charge in [0, 0.05) is 44.2 Å². The lowest BCUT2D eigenvalue weighted by atomic mass is 10.0. The number of hydrogen-bond donors (Lipinski definition) is 2. The Morgan fingerprint density at radius 1 is 1.23 bits per heavy atom. The van der Waals surface area contributed by atoms with E-state index in [2.05, 4.69) is 23.2 Å². The van der Waals surface area contributed by atoms with E-state index in [4.69, 9.17) is 5.73 Å². The standard InChI is InChI=1S/C19H24N4O3/c1-11-7-22(10-15(11)20)8-12-3-2-4-13-14(12)9-23(19(13)26)16-5-6-17(24)21-18(16)25/h2-4,11,15-16H,5-10,20H2,1H3,(H,21,24,25). The van der Waals surface area contributed by atoms with Crippen molar-refractivity contribution in [3.63, 3.8) is 0 Å². The fraction of sp³-hybridized carbons (Fsp3) is 0.526. The summed E-state index contributed by atoms with van der Waals surface area (Å²) in [5, 5.41) is 2.34. The van der Waals surface area contributed by atoms with Crippen LogP contribution in [-0.4, -0.2) is 52.7 Å². The molecule has 0 spiro atoms.